The van der Waals surface area contributed by atoms with Gasteiger partial charge < -0.3 is 19.8 Å². The highest BCUT2D eigenvalue weighted by Crippen LogP contribution is 2.36. The van der Waals surface area contributed by atoms with Crippen LogP contribution in [0.25, 0.3) is 0 Å². The van der Waals surface area contributed by atoms with E-state index >= 15 is 0 Å². The fourth-order valence-electron chi connectivity index (χ4n) is 6.72. The van der Waals surface area contributed by atoms with Gasteiger partial charge in [-0.3, -0.25) is 4.98 Å². The lowest BCUT2D eigenvalue weighted by Crippen LogP contribution is -2.48. The summed E-state index contributed by atoms with van der Waals surface area (Å²) in [5, 5.41) is 9.40. The van der Waals surface area contributed by atoms with E-state index in [1.807, 2.05) is 35.4 Å². The molecule has 39 heavy (non-hydrogen) atoms. The van der Waals surface area contributed by atoms with Crippen LogP contribution in [-0.4, -0.2) is 69.0 Å². The lowest BCUT2D eigenvalue weighted by Gasteiger charge is -2.40. The summed E-state index contributed by atoms with van der Waals surface area (Å²) in [5.41, 5.74) is 4.93. The number of urea groups is 1. The van der Waals surface area contributed by atoms with E-state index < -0.39 is 5.97 Å². The highest BCUT2D eigenvalue weighted by Gasteiger charge is 2.42. The highest BCUT2D eigenvalue weighted by atomic mass is 16.4. The number of hydrogen-bond acceptors (Lipinski definition) is 4. The Hall–Kier alpha value is -3.71. The van der Waals surface area contributed by atoms with Gasteiger partial charge >= 0.3 is 12.0 Å². The number of amides is 2. The predicted molar refractivity (Wildman–Crippen MR) is 149 cm³/mol. The maximum Gasteiger partial charge on any atom is 0.335 e. The van der Waals surface area contributed by atoms with Crippen molar-refractivity contribution < 1.29 is 14.7 Å². The predicted octanol–water partition coefficient (Wildman–Crippen LogP) is 5.03. The third-order valence-corrected chi connectivity index (χ3v) is 8.70. The van der Waals surface area contributed by atoms with Crippen molar-refractivity contribution in [2.45, 2.75) is 50.7 Å². The number of carboxylic acid groups (broad SMARTS) is 1. The molecular formula is C32H36N4O3. The van der Waals surface area contributed by atoms with Crippen molar-refractivity contribution in [1.29, 1.82) is 0 Å². The van der Waals surface area contributed by atoms with Gasteiger partial charge in [0.2, 0.25) is 0 Å². The SMILES string of the molecule is O=C(O)c1cccc(CN2CC(c3ccccc3)N(C3CCN(CC4CCc5ncccc5C4)CC3)C2=O)c1. The van der Waals surface area contributed by atoms with E-state index in [-0.39, 0.29) is 23.7 Å². The number of aromatic nitrogens is 1. The van der Waals surface area contributed by atoms with Crippen LogP contribution in [0.3, 0.4) is 0 Å². The zero-order valence-electron chi connectivity index (χ0n) is 22.3. The first-order valence-electron chi connectivity index (χ1n) is 14.1. The van der Waals surface area contributed by atoms with E-state index in [2.05, 4.69) is 39.0 Å². The second-order valence-electron chi connectivity index (χ2n) is 11.3. The van der Waals surface area contributed by atoms with Crippen LogP contribution >= 0.6 is 0 Å². The van der Waals surface area contributed by atoms with Crippen molar-refractivity contribution in [3.63, 3.8) is 0 Å². The number of carbonyl (C=O) groups is 2. The first-order valence-corrected chi connectivity index (χ1v) is 14.1. The molecule has 2 saturated heterocycles. The molecule has 202 valence electrons. The molecule has 1 aliphatic carbocycles. The van der Waals surface area contributed by atoms with Gasteiger partial charge in [-0.15, -0.1) is 0 Å². The van der Waals surface area contributed by atoms with Crippen LogP contribution < -0.4 is 0 Å². The number of aromatic carboxylic acids is 1. The molecule has 1 N–H and O–H groups in total. The van der Waals surface area contributed by atoms with Gasteiger partial charge in [0.1, 0.15) is 0 Å². The normalized spacial score (nSPS) is 22.2. The van der Waals surface area contributed by atoms with Crippen LogP contribution in [0.5, 0.6) is 0 Å². The maximum atomic E-state index is 13.8. The molecule has 3 heterocycles. The topological polar surface area (TPSA) is 77.0 Å². The van der Waals surface area contributed by atoms with E-state index in [0.717, 1.165) is 56.4 Å². The van der Waals surface area contributed by atoms with Crippen LogP contribution in [0.4, 0.5) is 4.79 Å². The van der Waals surface area contributed by atoms with Gasteiger partial charge in [-0.25, -0.2) is 9.59 Å². The van der Waals surface area contributed by atoms with Crippen LogP contribution in [0.15, 0.2) is 72.9 Å². The first-order chi connectivity index (χ1) is 19.0. The standard InChI is InChI=1S/C32H36N4O3/c37-31(38)27-9-4-6-23(19-27)21-35-22-30(25-7-2-1-3-8-25)36(32(35)39)28-13-16-34(17-14-28)20-24-11-12-29-26(18-24)10-5-15-33-29/h1-10,15,19,24,28,30H,11-14,16-18,20-22H2,(H,37,38). The number of rotatable bonds is 7. The van der Waals surface area contributed by atoms with Crippen LogP contribution in [0.2, 0.25) is 0 Å². The Kier molecular flexibility index (Phi) is 7.33. The van der Waals surface area contributed by atoms with Crippen molar-refractivity contribution in [3.8, 4) is 0 Å². The molecule has 2 amide bonds. The van der Waals surface area contributed by atoms with Gasteiger partial charge in [0.15, 0.2) is 0 Å². The summed E-state index contributed by atoms with van der Waals surface area (Å²) in [7, 11) is 0. The molecule has 7 nitrogen and oxygen atoms in total. The average molecular weight is 525 g/mol. The molecule has 2 aliphatic heterocycles. The van der Waals surface area contributed by atoms with Crippen LogP contribution in [-0.2, 0) is 19.4 Å². The number of carbonyl (C=O) groups excluding carboxylic acids is 1. The van der Waals surface area contributed by atoms with E-state index in [0.29, 0.717) is 19.0 Å². The summed E-state index contributed by atoms with van der Waals surface area (Å²) >= 11 is 0. The quantitative estimate of drug-likeness (QED) is 0.469. The fraction of sp³-hybridized carbons (Fsp3) is 0.406. The molecule has 3 aliphatic rings. The van der Waals surface area contributed by atoms with E-state index in [1.165, 1.54) is 17.7 Å². The largest absolute Gasteiger partial charge is 0.478 e. The third kappa shape index (κ3) is 5.55. The fourth-order valence-corrected chi connectivity index (χ4v) is 6.72. The maximum absolute atomic E-state index is 13.8. The molecule has 0 radical (unpaired) electrons. The van der Waals surface area contributed by atoms with Gasteiger partial charge in [-0.1, -0.05) is 48.5 Å². The first kappa shape index (κ1) is 25.6. The molecule has 7 heteroatoms. The molecule has 3 aromatic rings. The van der Waals surface area contributed by atoms with Gasteiger partial charge in [0, 0.05) is 50.7 Å². The molecule has 2 atom stereocenters. The molecule has 0 saturated carbocycles. The van der Waals surface area contributed by atoms with Crippen molar-refractivity contribution in [2.75, 3.05) is 26.2 Å². The summed E-state index contributed by atoms with van der Waals surface area (Å²) < 4.78 is 0. The van der Waals surface area contributed by atoms with E-state index in [1.54, 1.807) is 18.2 Å². The van der Waals surface area contributed by atoms with E-state index in [4.69, 9.17) is 0 Å². The highest BCUT2D eigenvalue weighted by molar-refractivity contribution is 5.87. The Balaban J connectivity index is 1.13. The van der Waals surface area contributed by atoms with Crippen LogP contribution in [0.1, 0.15) is 58.0 Å². The minimum absolute atomic E-state index is 0.000234. The summed E-state index contributed by atoms with van der Waals surface area (Å²) in [5.74, 6) is -0.282. The lowest BCUT2D eigenvalue weighted by molar-refractivity contribution is 0.0696. The number of nitrogens with zero attached hydrogens (tertiary/aromatic N) is 4. The number of carboxylic acids is 1. The molecule has 2 unspecified atom stereocenters. The van der Waals surface area contributed by atoms with Gasteiger partial charge in [0.25, 0.3) is 0 Å². The van der Waals surface area contributed by atoms with Gasteiger partial charge in [0.05, 0.1) is 11.6 Å². The number of likely N-dealkylation sites (tertiary alicyclic amines) is 1. The summed E-state index contributed by atoms with van der Waals surface area (Å²) in [4.78, 5) is 36.5. The van der Waals surface area contributed by atoms with Gasteiger partial charge in [-0.2, -0.15) is 0 Å². The average Bonchev–Trinajstić information content (AvgIpc) is 3.29. The zero-order chi connectivity index (χ0) is 26.8. The Morgan fingerprint density at radius 1 is 0.974 bits per heavy atom. The van der Waals surface area contributed by atoms with Crippen molar-refractivity contribution in [1.82, 2.24) is 19.7 Å². The minimum Gasteiger partial charge on any atom is -0.478 e. The third-order valence-electron chi connectivity index (χ3n) is 8.70. The monoisotopic (exact) mass is 524 g/mol. The molecule has 1 aromatic heterocycles. The second kappa shape index (κ2) is 11.2. The molecular weight excluding hydrogens is 488 g/mol. The molecule has 2 fully saturated rings. The Bertz CT molecular complexity index is 1320. The number of benzene rings is 2. The van der Waals surface area contributed by atoms with Crippen molar-refractivity contribution >= 4 is 12.0 Å². The molecule has 0 spiro atoms. The van der Waals surface area contributed by atoms with Crippen LogP contribution in [0, 0.1) is 5.92 Å². The lowest BCUT2D eigenvalue weighted by atomic mass is 9.86. The number of fused-ring (bicyclic) bond motifs is 1. The summed E-state index contributed by atoms with van der Waals surface area (Å²) in [6, 6.07) is 21.8. The number of hydrogen-bond donors (Lipinski definition) is 1. The molecule has 2 aromatic carbocycles. The Labute approximate surface area is 230 Å². The Morgan fingerprint density at radius 2 is 1.79 bits per heavy atom. The van der Waals surface area contributed by atoms with Gasteiger partial charge in [-0.05, 0) is 72.9 Å². The minimum atomic E-state index is -0.950. The Morgan fingerprint density at radius 3 is 2.59 bits per heavy atom. The summed E-state index contributed by atoms with van der Waals surface area (Å²) in [6.07, 6.45) is 7.24. The zero-order valence-corrected chi connectivity index (χ0v) is 22.3. The number of aryl methyl sites for hydroxylation is 1. The molecule has 0 bridgehead atoms. The van der Waals surface area contributed by atoms with Crippen molar-refractivity contribution in [3.05, 3.63) is 101 Å². The summed E-state index contributed by atoms with van der Waals surface area (Å²) in [6.45, 7) is 4.15. The number of piperidine rings is 1. The second-order valence-corrected chi connectivity index (χ2v) is 11.3. The smallest absolute Gasteiger partial charge is 0.335 e. The molecule has 6 rings (SSSR count). The number of pyridine rings is 1. The van der Waals surface area contributed by atoms with E-state index in [9.17, 15) is 14.7 Å². The van der Waals surface area contributed by atoms with Crippen molar-refractivity contribution in [2.24, 2.45) is 5.92 Å².